The molecule has 0 radical (unpaired) electrons. The first kappa shape index (κ1) is 13.0. The zero-order valence-electron chi connectivity index (χ0n) is 10.5. The molecule has 1 N–H and O–H groups in total. The van der Waals surface area contributed by atoms with E-state index in [1.807, 2.05) is 4.90 Å². The Morgan fingerprint density at radius 3 is 3.06 bits per heavy atom. The Bertz CT molecular complexity index is 366. The molecule has 1 fully saturated rings. The first-order valence-electron chi connectivity index (χ1n) is 6.55. The first-order valence-corrected chi connectivity index (χ1v) is 6.55. The summed E-state index contributed by atoms with van der Waals surface area (Å²) >= 11 is 0. The van der Waals surface area contributed by atoms with Crippen LogP contribution in [0.5, 0.6) is 0 Å². The molecule has 0 aromatic carbocycles. The monoisotopic (exact) mass is 252 g/mol. The number of aromatic nitrogens is 3. The molecule has 2 rings (SSSR count). The quantitative estimate of drug-likeness (QED) is 0.825. The van der Waals surface area contributed by atoms with Crippen molar-refractivity contribution in [3.8, 4) is 0 Å². The third-order valence-electron chi connectivity index (χ3n) is 3.41. The summed E-state index contributed by atoms with van der Waals surface area (Å²) in [6.45, 7) is 1.57. The summed E-state index contributed by atoms with van der Waals surface area (Å²) in [6.07, 6.45) is 7.77. The molecule has 1 aromatic rings. The fourth-order valence-corrected chi connectivity index (χ4v) is 2.41. The normalized spacial score (nSPS) is 20.1. The van der Waals surface area contributed by atoms with Gasteiger partial charge in [-0.1, -0.05) is 5.21 Å². The van der Waals surface area contributed by atoms with Crippen LogP contribution in [0.2, 0.25) is 0 Å². The maximum absolute atomic E-state index is 12.1. The van der Waals surface area contributed by atoms with E-state index in [0.717, 1.165) is 32.2 Å². The Morgan fingerprint density at radius 2 is 2.33 bits per heavy atom. The maximum Gasteiger partial charge on any atom is 0.222 e. The van der Waals surface area contributed by atoms with Crippen LogP contribution in [-0.4, -0.2) is 50.1 Å². The number of hydrogen-bond acceptors (Lipinski definition) is 4. The molecule has 1 amide bonds. The van der Waals surface area contributed by atoms with Crippen LogP contribution in [0.3, 0.4) is 0 Å². The van der Waals surface area contributed by atoms with E-state index in [-0.39, 0.29) is 18.6 Å². The predicted molar refractivity (Wildman–Crippen MR) is 65.7 cm³/mol. The van der Waals surface area contributed by atoms with Crippen LogP contribution in [0.15, 0.2) is 12.4 Å². The Labute approximate surface area is 107 Å². The molecule has 1 atom stereocenters. The van der Waals surface area contributed by atoms with Crippen LogP contribution in [0.25, 0.3) is 0 Å². The number of aliphatic hydroxyl groups excluding tert-OH is 1. The summed E-state index contributed by atoms with van der Waals surface area (Å²) in [6, 6.07) is 0.0256. The lowest BCUT2D eigenvalue weighted by atomic mass is 10.0. The van der Waals surface area contributed by atoms with E-state index in [1.54, 1.807) is 17.1 Å². The summed E-state index contributed by atoms with van der Waals surface area (Å²) in [5.74, 6) is 0.147. The van der Waals surface area contributed by atoms with E-state index in [2.05, 4.69) is 10.3 Å². The predicted octanol–water partition coefficient (Wildman–Crippen LogP) is 0.432. The molecular weight excluding hydrogens is 232 g/mol. The van der Waals surface area contributed by atoms with Gasteiger partial charge < -0.3 is 10.0 Å². The van der Waals surface area contributed by atoms with Crippen molar-refractivity contribution < 1.29 is 9.90 Å². The molecule has 1 aromatic heterocycles. The molecule has 1 unspecified atom stereocenters. The summed E-state index contributed by atoms with van der Waals surface area (Å²) in [4.78, 5) is 13.9. The lowest BCUT2D eigenvalue weighted by Gasteiger charge is -2.34. The lowest BCUT2D eigenvalue weighted by Crippen LogP contribution is -2.45. The zero-order chi connectivity index (χ0) is 12.8. The third-order valence-corrected chi connectivity index (χ3v) is 3.41. The van der Waals surface area contributed by atoms with E-state index < -0.39 is 0 Å². The van der Waals surface area contributed by atoms with Gasteiger partial charge in [0, 0.05) is 25.7 Å². The average molecular weight is 252 g/mol. The largest absolute Gasteiger partial charge is 0.394 e. The molecule has 2 heterocycles. The molecular formula is C12H20N4O2. The molecule has 0 bridgehead atoms. The van der Waals surface area contributed by atoms with Crippen molar-refractivity contribution in [2.45, 2.75) is 44.7 Å². The van der Waals surface area contributed by atoms with Crippen LogP contribution in [-0.2, 0) is 11.3 Å². The van der Waals surface area contributed by atoms with Crippen molar-refractivity contribution in [1.29, 1.82) is 0 Å². The van der Waals surface area contributed by atoms with Crippen LogP contribution in [0.4, 0.5) is 0 Å². The van der Waals surface area contributed by atoms with Crippen molar-refractivity contribution in [3.05, 3.63) is 12.4 Å². The van der Waals surface area contributed by atoms with E-state index >= 15 is 0 Å². The van der Waals surface area contributed by atoms with Gasteiger partial charge >= 0.3 is 0 Å². The van der Waals surface area contributed by atoms with E-state index in [4.69, 9.17) is 0 Å². The SMILES string of the molecule is O=C(CCCn1ccnn1)N1CCCCC1CO. The average Bonchev–Trinajstić information content (AvgIpc) is 2.91. The number of nitrogens with zero attached hydrogens (tertiary/aromatic N) is 4. The van der Waals surface area contributed by atoms with Gasteiger partial charge in [0.2, 0.25) is 5.91 Å². The van der Waals surface area contributed by atoms with E-state index in [9.17, 15) is 9.90 Å². The van der Waals surface area contributed by atoms with Crippen molar-refractivity contribution in [3.63, 3.8) is 0 Å². The number of aliphatic hydroxyl groups is 1. The van der Waals surface area contributed by atoms with E-state index in [0.29, 0.717) is 13.0 Å². The van der Waals surface area contributed by atoms with Gasteiger partial charge in [-0.15, -0.1) is 5.10 Å². The Kier molecular flexibility index (Phi) is 4.69. The minimum atomic E-state index is 0.0256. The number of likely N-dealkylation sites (tertiary alicyclic amines) is 1. The van der Waals surface area contributed by atoms with Crippen LogP contribution < -0.4 is 0 Å². The van der Waals surface area contributed by atoms with Gasteiger partial charge in [0.1, 0.15) is 0 Å². The standard InChI is InChI=1S/C12H20N4O2/c17-10-11-4-1-2-8-16(11)12(18)5-3-7-15-9-6-13-14-15/h6,9,11,17H,1-5,7-8,10H2. The van der Waals surface area contributed by atoms with Crippen molar-refractivity contribution in [1.82, 2.24) is 19.9 Å². The Morgan fingerprint density at radius 1 is 1.44 bits per heavy atom. The number of hydrogen-bond donors (Lipinski definition) is 1. The van der Waals surface area contributed by atoms with Gasteiger partial charge in [0.05, 0.1) is 18.8 Å². The van der Waals surface area contributed by atoms with Gasteiger partial charge in [-0.3, -0.25) is 9.48 Å². The van der Waals surface area contributed by atoms with Crippen molar-refractivity contribution >= 4 is 5.91 Å². The van der Waals surface area contributed by atoms with Gasteiger partial charge in [0.15, 0.2) is 0 Å². The number of carbonyl (C=O) groups is 1. The maximum atomic E-state index is 12.1. The molecule has 1 aliphatic rings. The highest BCUT2D eigenvalue weighted by Crippen LogP contribution is 2.17. The minimum Gasteiger partial charge on any atom is -0.394 e. The van der Waals surface area contributed by atoms with Crippen molar-refractivity contribution in [2.75, 3.05) is 13.2 Å². The van der Waals surface area contributed by atoms with Crippen LogP contribution in [0, 0.1) is 0 Å². The molecule has 0 aliphatic carbocycles. The number of aryl methyl sites for hydroxylation is 1. The first-order chi connectivity index (χ1) is 8.81. The highest BCUT2D eigenvalue weighted by Gasteiger charge is 2.25. The Balaban J connectivity index is 1.76. The summed E-state index contributed by atoms with van der Waals surface area (Å²) < 4.78 is 1.73. The summed E-state index contributed by atoms with van der Waals surface area (Å²) in [5.41, 5.74) is 0. The molecule has 1 saturated heterocycles. The summed E-state index contributed by atoms with van der Waals surface area (Å²) in [5, 5.41) is 16.8. The van der Waals surface area contributed by atoms with Gasteiger partial charge in [-0.2, -0.15) is 0 Å². The molecule has 6 nitrogen and oxygen atoms in total. The number of rotatable bonds is 5. The minimum absolute atomic E-state index is 0.0256. The fraction of sp³-hybridized carbons (Fsp3) is 0.750. The Hall–Kier alpha value is -1.43. The van der Waals surface area contributed by atoms with Gasteiger partial charge in [-0.05, 0) is 25.7 Å². The molecule has 0 saturated carbocycles. The molecule has 1 aliphatic heterocycles. The number of piperidine rings is 1. The van der Waals surface area contributed by atoms with Gasteiger partial charge in [-0.25, -0.2) is 0 Å². The van der Waals surface area contributed by atoms with Crippen LogP contribution >= 0.6 is 0 Å². The van der Waals surface area contributed by atoms with Gasteiger partial charge in [0.25, 0.3) is 0 Å². The second-order valence-electron chi connectivity index (χ2n) is 4.69. The number of carbonyl (C=O) groups excluding carboxylic acids is 1. The highest BCUT2D eigenvalue weighted by atomic mass is 16.3. The fourth-order valence-electron chi connectivity index (χ4n) is 2.41. The second kappa shape index (κ2) is 6.49. The molecule has 100 valence electrons. The molecule has 6 heteroatoms. The van der Waals surface area contributed by atoms with E-state index in [1.165, 1.54) is 0 Å². The summed E-state index contributed by atoms with van der Waals surface area (Å²) in [7, 11) is 0. The van der Waals surface area contributed by atoms with Crippen LogP contribution in [0.1, 0.15) is 32.1 Å². The van der Waals surface area contributed by atoms with Crippen molar-refractivity contribution in [2.24, 2.45) is 0 Å². The second-order valence-corrected chi connectivity index (χ2v) is 4.69. The zero-order valence-corrected chi connectivity index (χ0v) is 10.5. The molecule has 0 spiro atoms. The smallest absolute Gasteiger partial charge is 0.222 e. The third kappa shape index (κ3) is 3.29. The molecule has 18 heavy (non-hydrogen) atoms. The lowest BCUT2D eigenvalue weighted by molar-refractivity contribution is -0.136. The number of amides is 1. The topological polar surface area (TPSA) is 71.2 Å². The highest BCUT2D eigenvalue weighted by molar-refractivity contribution is 5.76.